The number of rotatable bonds is 7. The van der Waals surface area contributed by atoms with Crippen molar-refractivity contribution in [2.75, 3.05) is 13.7 Å². The molecule has 0 aliphatic rings. The van der Waals surface area contributed by atoms with Crippen LogP contribution in [-0.4, -0.2) is 36.2 Å². The van der Waals surface area contributed by atoms with Crippen LogP contribution in [0.1, 0.15) is 55.9 Å². The summed E-state index contributed by atoms with van der Waals surface area (Å²) >= 11 is 0. The number of ether oxygens (including phenoxy) is 1. The van der Waals surface area contributed by atoms with Crippen molar-refractivity contribution in [3.63, 3.8) is 0 Å². The first kappa shape index (κ1) is 22.9. The molecule has 32 heavy (non-hydrogen) atoms. The highest BCUT2D eigenvalue weighted by molar-refractivity contribution is 6.15. The van der Waals surface area contributed by atoms with Crippen LogP contribution in [0.3, 0.4) is 0 Å². The Morgan fingerprint density at radius 1 is 0.844 bits per heavy atom. The minimum Gasteiger partial charge on any atom is -0.452 e. The predicted molar refractivity (Wildman–Crippen MR) is 124 cm³/mol. The molecule has 5 heteroatoms. The quantitative estimate of drug-likeness (QED) is 0.395. The number of benzene rings is 3. The fourth-order valence-electron chi connectivity index (χ4n) is 3.46. The summed E-state index contributed by atoms with van der Waals surface area (Å²) in [6.45, 7) is 5.27. The maximum absolute atomic E-state index is 13.2. The van der Waals surface area contributed by atoms with Gasteiger partial charge in [-0.1, -0.05) is 66.2 Å². The van der Waals surface area contributed by atoms with Crippen LogP contribution in [0, 0.1) is 13.8 Å². The van der Waals surface area contributed by atoms with Crippen LogP contribution in [0.4, 0.5) is 0 Å². The zero-order valence-corrected chi connectivity index (χ0v) is 18.8. The molecule has 0 bridgehead atoms. The molecule has 0 heterocycles. The van der Waals surface area contributed by atoms with E-state index in [1.54, 1.807) is 31.3 Å². The van der Waals surface area contributed by atoms with E-state index in [4.69, 9.17) is 4.74 Å². The summed E-state index contributed by atoms with van der Waals surface area (Å²) in [6.07, 6.45) is 0. The smallest absolute Gasteiger partial charge is 0.339 e. The second kappa shape index (κ2) is 10.1. The van der Waals surface area contributed by atoms with E-state index in [2.05, 4.69) is 0 Å². The summed E-state index contributed by atoms with van der Waals surface area (Å²) in [5, 5.41) is 0. The van der Waals surface area contributed by atoms with Gasteiger partial charge in [-0.2, -0.15) is 0 Å². The Kier molecular flexibility index (Phi) is 7.21. The van der Waals surface area contributed by atoms with E-state index in [-0.39, 0.29) is 28.9 Å². The molecule has 0 aliphatic carbocycles. The summed E-state index contributed by atoms with van der Waals surface area (Å²) < 4.78 is 5.30. The second-order valence-corrected chi connectivity index (χ2v) is 7.86. The van der Waals surface area contributed by atoms with Crippen molar-refractivity contribution in [1.82, 2.24) is 4.90 Å². The maximum atomic E-state index is 13.2. The van der Waals surface area contributed by atoms with E-state index in [9.17, 15) is 14.4 Å². The van der Waals surface area contributed by atoms with Gasteiger partial charge in [-0.05, 0) is 44.0 Å². The summed E-state index contributed by atoms with van der Waals surface area (Å²) in [4.78, 5) is 40.1. The van der Waals surface area contributed by atoms with Crippen molar-refractivity contribution in [3.05, 3.63) is 106 Å². The molecule has 0 fully saturated rings. The van der Waals surface area contributed by atoms with Gasteiger partial charge in [0.05, 0.1) is 11.6 Å². The fourth-order valence-corrected chi connectivity index (χ4v) is 3.46. The molecule has 0 saturated carbocycles. The monoisotopic (exact) mass is 429 g/mol. The second-order valence-electron chi connectivity index (χ2n) is 7.86. The van der Waals surface area contributed by atoms with E-state index in [1.165, 1.54) is 4.90 Å². The molecule has 0 aromatic heterocycles. The first-order valence-electron chi connectivity index (χ1n) is 10.5. The van der Waals surface area contributed by atoms with Gasteiger partial charge in [0, 0.05) is 18.2 Å². The van der Waals surface area contributed by atoms with Gasteiger partial charge in [0.15, 0.2) is 12.4 Å². The van der Waals surface area contributed by atoms with E-state index >= 15 is 0 Å². The molecule has 0 saturated heterocycles. The highest BCUT2D eigenvalue weighted by atomic mass is 16.5. The van der Waals surface area contributed by atoms with Crippen LogP contribution in [0.2, 0.25) is 0 Å². The van der Waals surface area contributed by atoms with E-state index < -0.39 is 12.6 Å². The van der Waals surface area contributed by atoms with Crippen molar-refractivity contribution in [1.29, 1.82) is 0 Å². The predicted octanol–water partition coefficient (Wildman–Crippen LogP) is 4.91. The molecule has 5 nitrogen and oxygen atoms in total. The number of aryl methyl sites for hydroxylation is 2. The van der Waals surface area contributed by atoms with Gasteiger partial charge in [0.1, 0.15) is 0 Å². The van der Waals surface area contributed by atoms with E-state index in [0.29, 0.717) is 5.56 Å². The third-order valence-electron chi connectivity index (χ3n) is 5.61. The lowest BCUT2D eigenvalue weighted by Gasteiger charge is -2.25. The number of likely N-dealkylation sites (N-methyl/N-ethyl adjacent to an activating group) is 1. The highest BCUT2D eigenvalue weighted by Gasteiger charge is 2.23. The number of carbonyl (C=O) groups excluding carboxylic acids is 3. The zero-order valence-electron chi connectivity index (χ0n) is 18.8. The average molecular weight is 430 g/mol. The van der Waals surface area contributed by atoms with Gasteiger partial charge in [-0.3, -0.25) is 9.59 Å². The number of nitrogens with zero attached hydrogens (tertiary/aromatic N) is 1. The molecule has 3 aromatic carbocycles. The van der Waals surface area contributed by atoms with Gasteiger partial charge in [0.2, 0.25) is 0 Å². The van der Waals surface area contributed by atoms with Crippen LogP contribution in [0.5, 0.6) is 0 Å². The first-order valence-corrected chi connectivity index (χ1v) is 10.5. The summed E-state index contributed by atoms with van der Waals surface area (Å²) in [5.41, 5.74) is 3.71. The number of hydrogen-bond donors (Lipinski definition) is 0. The van der Waals surface area contributed by atoms with Crippen LogP contribution < -0.4 is 0 Å². The van der Waals surface area contributed by atoms with Crippen LogP contribution in [-0.2, 0) is 9.53 Å². The zero-order chi connectivity index (χ0) is 23.3. The number of ketones is 1. The molecule has 3 rings (SSSR count). The van der Waals surface area contributed by atoms with Gasteiger partial charge in [0.25, 0.3) is 5.91 Å². The number of carbonyl (C=O) groups is 3. The minimum absolute atomic E-state index is 0.143. The molecular formula is C27H27NO4. The lowest BCUT2D eigenvalue weighted by molar-refractivity contribution is -0.135. The Hall–Kier alpha value is -3.73. The number of hydrogen-bond acceptors (Lipinski definition) is 4. The molecule has 0 aliphatic heterocycles. The molecule has 0 spiro atoms. The maximum Gasteiger partial charge on any atom is 0.339 e. The van der Waals surface area contributed by atoms with Crippen LogP contribution in [0.15, 0.2) is 72.8 Å². The van der Waals surface area contributed by atoms with Crippen molar-refractivity contribution >= 4 is 17.7 Å². The van der Waals surface area contributed by atoms with E-state index in [0.717, 1.165) is 16.7 Å². The van der Waals surface area contributed by atoms with Crippen LogP contribution in [0.25, 0.3) is 0 Å². The minimum atomic E-state index is -0.701. The molecule has 164 valence electrons. The summed E-state index contributed by atoms with van der Waals surface area (Å²) in [7, 11) is 1.67. The van der Waals surface area contributed by atoms with Gasteiger partial charge in [-0.25, -0.2) is 4.79 Å². The Balaban J connectivity index is 1.73. The summed E-state index contributed by atoms with van der Waals surface area (Å²) in [5.74, 6) is -1.28. The van der Waals surface area contributed by atoms with Crippen molar-refractivity contribution in [3.8, 4) is 0 Å². The first-order chi connectivity index (χ1) is 15.3. The Morgan fingerprint density at radius 2 is 1.47 bits per heavy atom. The van der Waals surface area contributed by atoms with Crippen LogP contribution >= 0.6 is 0 Å². The number of amides is 1. The van der Waals surface area contributed by atoms with Gasteiger partial charge >= 0.3 is 5.97 Å². The third kappa shape index (κ3) is 5.11. The Labute approximate surface area is 188 Å². The normalized spacial score (nSPS) is 11.5. The van der Waals surface area contributed by atoms with E-state index in [1.807, 2.05) is 69.3 Å². The van der Waals surface area contributed by atoms with Crippen molar-refractivity contribution in [2.24, 2.45) is 0 Å². The molecular weight excluding hydrogens is 402 g/mol. The molecule has 1 amide bonds. The molecule has 0 N–H and O–H groups in total. The lowest BCUT2D eigenvalue weighted by Crippen LogP contribution is -2.33. The average Bonchev–Trinajstić information content (AvgIpc) is 2.82. The van der Waals surface area contributed by atoms with Gasteiger partial charge in [-0.15, -0.1) is 0 Å². The summed E-state index contributed by atoms with van der Waals surface area (Å²) in [6, 6.07) is 21.6. The number of esters is 1. The Bertz CT molecular complexity index is 1140. The Morgan fingerprint density at radius 3 is 2.16 bits per heavy atom. The SMILES string of the molecule is Cc1ccc(C)c(C(=O)c2ccccc2C(=O)OCC(=O)N(C)C(C)c2ccccc2)c1. The topological polar surface area (TPSA) is 63.7 Å². The fraction of sp³-hybridized carbons (Fsp3) is 0.222. The molecule has 3 aromatic rings. The third-order valence-corrected chi connectivity index (χ3v) is 5.61. The lowest BCUT2D eigenvalue weighted by atomic mass is 9.94. The van der Waals surface area contributed by atoms with Crippen molar-refractivity contribution in [2.45, 2.75) is 26.8 Å². The molecule has 1 unspecified atom stereocenters. The van der Waals surface area contributed by atoms with Gasteiger partial charge < -0.3 is 9.64 Å². The largest absolute Gasteiger partial charge is 0.452 e. The highest BCUT2D eigenvalue weighted by Crippen LogP contribution is 2.21. The van der Waals surface area contributed by atoms with Crippen molar-refractivity contribution < 1.29 is 19.1 Å². The molecule has 0 radical (unpaired) electrons. The standard InChI is InChI=1S/C27H27NO4/c1-18-14-15-19(2)24(16-18)26(30)22-12-8-9-13-23(22)27(31)32-17-25(29)28(4)20(3)21-10-6-5-7-11-21/h5-16,20H,17H2,1-4H3. The molecule has 1 atom stereocenters.